The summed E-state index contributed by atoms with van der Waals surface area (Å²) in [5.41, 5.74) is 19.6. The van der Waals surface area contributed by atoms with Crippen LogP contribution in [0.15, 0.2) is 12.2 Å². The van der Waals surface area contributed by atoms with Crippen LogP contribution in [0.25, 0.3) is 0 Å². The molecule has 0 spiro atoms. The van der Waals surface area contributed by atoms with E-state index in [2.05, 4.69) is 39.6 Å². The highest BCUT2D eigenvalue weighted by molar-refractivity contribution is 5.86. The van der Waals surface area contributed by atoms with Gasteiger partial charge in [0.2, 0.25) is 11.9 Å². The van der Waals surface area contributed by atoms with Crippen molar-refractivity contribution in [3.05, 3.63) is 18.0 Å². The average Bonchev–Trinajstić information content (AvgIpc) is 2.39. The number of nitrogen functional groups attached to an aromatic ring is 2. The van der Waals surface area contributed by atoms with Gasteiger partial charge in [0, 0.05) is 18.6 Å². The van der Waals surface area contributed by atoms with E-state index in [-0.39, 0.29) is 18.5 Å². The van der Waals surface area contributed by atoms with Crippen molar-refractivity contribution in [2.75, 3.05) is 18.1 Å². The zero-order valence-corrected chi connectivity index (χ0v) is 12.0. The van der Waals surface area contributed by atoms with Gasteiger partial charge in [-0.25, -0.2) is 14.9 Å². The van der Waals surface area contributed by atoms with Crippen LogP contribution in [0, 0.1) is 11.8 Å². The minimum Gasteiger partial charge on any atom is -0.462 e. The van der Waals surface area contributed by atoms with Crippen molar-refractivity contribution in [1.29, 1.82) is 5.26 Å². The van der Waals surface area contributed by atoms with Gasteiger partial charge in [0.1, 0.15) is 5.82 Å². The van der Waals surface area contributed by atoms with E-state index in [9.17, 15) is 4.79 Å². The fourth-order valence-corrected chi connectivity index (χ4v) is 0.927. The van der Waals surface area contributed by atoms with Crippen LogP contribution in [0.5, 0.6) is 0 Å². The standard InChI is InChI=1S/C9H13N5O2.CH4N2O.CHN/c1-5(2)7(15)16-4-3-6-12-8(10)14-9(11)13-6;2-1(3)4;1-2/h1,3-4H2,2H3,(H4,10,11,12,13,14);(H4,2,3,4);1H. The smallest absolute Gasteiger partial charge is 0.333 e. The van der Waals surface area contributed by atoms with Crippen LogP contribution in [0.1, 0.15) is 12.7 Å². The maximum Gasteiger partial charge on any atom is 0.333 e. The van der Waals surface area contributed by atoms with Crippen LogP contribution >= 0.6 is 0 Å². The molecule has 1 aromatic rings. The zero-order chi connectivity index (χ0) is 17.7. The molecule has 0 aromatic carbocycles. The molecule has 0 unspecified atom stereocenters. The molecule has 22 heavy (non-hydrogen) atoms. The molecule has 1 heterocycles. The summed E-state index contributed by atoms with van der Waals surface area (Å²) < 4.78 is 4.87. The van der Waals surface area contributed by atoms with Crippen molar-refractivity contribution in [2.24, 2.45) is 11.5 Å². The van der Waals surface area contributed by atoms with E-state index in [0.29, 0.717) is 17.8 Å². The Kier molecular flexibility index (Phi) is 10.8. The van der Waals surface area contributed by atoms with E-state index in [1.807, 2.05) is 0 Å². The topological polar surface area (TPSA) is 210 Å². The number of hydrogen-bond acceptors (Lipinski definition) is 9. The molecule has 1 rings (SSSR count). The summed E-state index contributed by atoms with van der Waals surface area (Å²) in [5.74, 6) is 0.0389. The second-order valence-electron chi connectivity index (χ2n) is 3.54. The first-order chi connectivity index (χ1) is 10.2. The number of primary amides is 2. The first-order valence-corrected chi connectivity index (χ1v) is 5.61. The van der Waals surface area contributed by atoms with Crippen molar-refractivity contribution in [2.45, 2.75) is 13.3 Å². The Morgan fingerprint density at radius 1 is 1.18 bits per heavy atom. The SMILES string of the molecule is C#N.C=C(C)C(=O)OCCc1nc(N)nc(N)n1.NC(N)=O. The Labute approximate surface area is 127 Å². The van der Waals surface area contributed by atoms with Gasteiger partial charge in [0.05, 0.1) is 6.61 Å². The first-order valence-electron chi connectivity index (χ1n) is 5.61. The molecule has 1 aromatic heterocycles. The molecular formula is C11H18N8O3. The molecule has 0 fully saturated rings. The summed E-state index contributed by atoms with van der Waals surface area (Å²) in [6, 6.07) is -0.833. The number of carbonyl (C=O) groups excluding carboxylic acids is 2. The Hall–Kier alpha value is -3.42. The largest absolute Gasteiger partial charge is 0.462 e. The number of carbonyl (C=O) groups is 2. The highest BCUT2D eigenvalue weighted by atomic mass is 16.5. The number of hydrogen-bond donors (Lipinski definition) is 4. The molecular weight excluding hydrogens is 292 g/mol. The molecule has 0 radical (unpaired) electrons. The lowest BCUT2D eigenvalue weighted by Gasteiger charge is -2.04. The van der Waals surface area contributed by atoms with Crippen molar-refractivity contribution < 1.29 is 14.3 Å². The molecule has 0 saturated heterocycles. The number of nitriles is 1. The Morgan fingerprint density at radius 3 is 1.95 bits per heavy atom. The number of esters is 1. The lowest BCUT2D eigenvalue weighted by molar-refractivity contribution is -0.138. The van der Waals surface area contributed by atoms with Crippen LogP contribution < -0.4 is 22.9 Å². The van der Waals surface area contributed by atoms with Crippen molar-refractivity contribution in [3.63, 3.8) is 0 Å². The molecule has 2 amide bonds. The lowest BCUT2D eigenvalue weighted by Crippen LogP contribution is -2.18. The van der Waals surface area contributed by atoms with E-state index in [0.717, 1.165) is 0 Å². The molecule has 120 valence electrons. The summed E-state index contributed by atoms with van der Waals surface area (Å²) in [6.07, 6.45) is 0.329. The van der Waals surface area contributed by atoms with Crippen molar-refractivity contribution in [1.82, 2.24) is 15.0 Å². The van der Waals surface area contributed by atoms with E-state index in [1.165, 1.54) is 0 Å². The number of aromatic nitrogens is 3. The van der Waals surface area contributed by atoms with Gasteiger partial charge in [0.15, 0.2) is 0 Å². The second-order valence-corrected chi connectivity index (χ2v) is 3.54. The normalized spacial score (nSPS) is 8.32. The molecule has 11 nitrogen and oxygen atoms in total. The van der Waals surface area contributed by atoms with Crippen LogP contribution in [0.3, 0.4) is 0 Å². The third-order valence-corrected chi connectivity index (χ3v) is 1.62. The van der Waals surface area contributed by atoms with E-state index >= 15 is 0 Å². The van der Waals surface area contributed by atoms with Gasteiger partial charge in [-0.05, 0) is 6.92 Å². The Balaban J connectivity index is 0. The Bertz CT molecular complexity index is 519. The fourth-order valence-electron chi connectivity index (χ4n) is 0.927. The number of amides is 2. The Morgan fingerprint density at radius 2 is 1.59 bits per heavy atom. The zero-order valence-electron chi connectivity index (χ0n) is 12.0. The molecule has 0 aliphatic heterocycles. The summed E-state index contributed by atoms with van der Waals surface area (Å²) in [4.78, 5) is 31.3. The van der Waals surface area contributed by atoms with E-state index in [4.69, 9.17) is 26.3 Å². The van der Waals surface area contributed by atoms with Crippen molar-refractivity contribution >= 4 is 23.9 Å². The van der Waals surface area contributed by atoms with Crippen LogP contribution in [0.4, 0.5) is 16.7 Å². The molecule has 11 heteroatoms. The van der Waals surface area contributed by atoms with Crippen molar-refractivity contribution in [3.8, 4) is 6.57 Å². The average molecular weight is 310 g/mol. The summed E-state index contributed by atoms with van der Waals surface area (Å²) in [5, 5.41) is 6.50. The predicted molar refractivity (Wildman–Crippen MR) is 78.6 cm³/mol. The van der Waals surface area contributed by atoms with Gasteiger partial charge in [-0.1, -0.05) is 6.58 Å². The van der Waals surface area contributed by atoms with E-state index < -0.39 is 12.0 Å². The van der Waals surface area contributed by atoms with Gasteiger partial charge in [-0.2, -0.15) is 15.0 Å². The molecule has 8 N–H and O–H groups in total. The monoisotopic (exact) mass is 310 g/mol. The molecule has 0 atom stereocenters. The minimum absolute atomic E-state index is 0.0497. The molecule has 0 bridgehead atoms. The number of urea groups is 1. The highest BCUT2D eigenvalue weighted by Gasteiger charge is 2.05. The summed E-state index contributed by atoms with van der Waals surface area (Å²) in [6.45, 7) is 8.67. The predicted octanol–water partition coefficient (Wildman–Crippen LogP) is -1.14. The number of anilines is 2. The first kappa shape index (κ1) is 20.9. The number of rotatable bonds is 4. The molecule has 0 aliphatic rings. The second kappa shape index (κ2) is 11.4. The van der Waals surface area contributed by atoms with Gasteiger partial charge in [0.25, 0.3) is 0 Å². The number of ether oxygens (including phenoxy) is 1. The minimum atomic E-state index is -0.833. The number of nitrogens with zero attached hydrogens (tertiary/aromatic N) is 4. The maximum absolute atomic E-state index is 11.0. The maximum atomic E-state index is 11.0. The summed E-state index contributed by atoms with van der Waals surface area (Å²) >= 11 is 0. The van der Waals surface area contributed by atoms with Crippen LogP contribution in [-0.4, -0.2) is 33.6 Å². The van der Waals surface area contributed by atoms with Gasteiger partial charge < -0.3 is 27.7 Å². The molecule has 0 aliphatic carbocycles. The quantitative estimate of drug-likeness (QED) is 0.390. The summed E-state index contributed by atoms with van der Waals surface area (Å²) in [7, 11) is 0. The third kappa shape index (κ3) is 11.7. The van der Waals surface area contributed by atoms with E-state index in [1.54, 1.807) is 6.92 Å². The molecule has 0 saturated carbocycles. The highest BCUT2D eigenvalue weighted by Crippen LogP contribution is 2.00. The van der Waals surface area contributed by atoms with Gasteiger partial charge in [-0.15, -0.1) is 0 Å². The number of nitrogens with two attached hydrogens (primary N) is 4. The van der Waals surface area contributed by atoms with Crippen LogP contribution in [-0.2, 0) is 16.0 Å². The third-order valence-electron chi connectivity index (χ3n) is 1.62. The fraction of sp³-hybridized carbons (Fsp3) is 0.273. The van der Waals surface area contributed by atoms with Crippen LogP contribution in [0.2, 0.25) is 0 Å². The lowest BCUT2D eigenvalue weighted by atomic mass is 10.3. The van der Waals surface area contributed by atoms with Gasteiger partial charge in [-0.3, -0.25) is 0 Å². The van der Waals surface area contributed by atoms with Gasteiger partial charge >= 0.3 is 12.0 Å².